The van der Waals surface area contributed by atoms with Gasteiger partial charge in [-0.05, 0) is 24.8 Å². The van der Waals surface area contributed by atoms with Crippen molar-refractivity contribution >= 4 is 11.9 Å². The maximum atomic E-state index is 12.0. The van der Waals surface area contributed by atoms with Crippen LogP contribution in [0.3, 0.4) is 0 Å². The predicted molar refractivity (Wildman–Crippen MR) is 97.2 cm³/mol. The van der Waals surface area contributed by atoms with E-state index in [2.05, 4.69) is 10.6 Å². The Morgan fingerprint density at radius 3 is 2.52 bits per heavy atom. The average Bonchev–Trinajstić information content (AvgIpc) is 2.61. The molecule has 0 saturated heterocycles. The second kappa shape index (κ2) is 9.91. The molecule has 0 heterocycles. The van der Waals surface area contributed by atoms with Crippen LogP contribution in [0.2, 0.25) is 0 Å². The predicted octanol–water partition coefficient (Wildman–Crippen LogP) is 2.62. The number of phenols is 1. The molecule has 3 amide bonds. The molecule has 0 unspecified atom stereocenters. The van der Waals surface area contributed by atoms with Crippen LogP contribution in [0, 0.1) is 5.92 Å². The SMILES string of the molecule is CN(Cc1ccccc1O)C(=O)NCCNC(=O)CC1CCCCC1. The van der Waals surface area contributed by atoms with Gasteiger partial charge in [-0.15, -0.1) is 0 Å². The lowest BCUT2D eigenvalue weighted by molar-refractivity contribution is -0.122. The quantitative estimate of drug-likeness (QED) is 0.663. The third-order valence-electron chi connectivity index (χ3n) is 4.67. The number of carbonyl (C=O) groups excluding carboxylic acids is 2. The van der Waals surface area contributed by atoms with Crippen molar-refractivity contribution in [2.45, 2.75) is 45.1 Å². The highest BCUT2D eigenvalue weighted by Crippen LogP contribution is 2.25. The number of aromatic hydroxyl groups is 1. The standard InChI is InChI=1S/C19H29N3O3/c1-22(14-16-9-5-6-10-17(16)23)19(25)21-12-11-20-18(24)13-15-7-3-2-4-8-15/h5-6,9-10,15,23H,2-4,7-8,11-14H2,1H3,(H,20,24)(H,21,25). The van der Waals surface area contributed by atoms with Crippen LogP contribution in [0.25, 0.3) is 0 Å². The molecule has 138 valence electrons. The third kappa shape index (κ3) is 6.64. The lowest BCUT2D eigenvalue weighted by Crippen LogP contribution is -2.41. The fraction of sp³-hybridized carbons (Fsp3) is 0.579. The van der Waals surface area contributed by atoms with Gasteiger partial charge in [0.05, 0.1) is 6.54 Å². The summed E-state index contributed by atoms with van der Waals surface area (Å²) in [5.74, 6) is 0.772. The summed E-state index contributed by atoms with van der Waals surface area (Å²) in [4.78, 5) is 25.4. The normalized spacial score (nSPS) is 14.8. The van der Waals surface area contributed by atoms with Gasteiger partial charge in [-0.1, -0.05) is 37.5 Å². The number of amides is 3. The van der Waals surface area contributed by atoms with Crippen molar-refractivity contribution < 1.29 is 14.7 Å². The number of para-hydroxylation sites is 1. The summed E-state index contributed by atoms with van der Waals surface area (Å²) in [6, 6.07) is 6.72. The molecule has 1 aliphatic carbocycles. The van der Waals surface area contributed by atoms with Crippen LogP contribution in [0.15, 0.2) is 24.3 Å². The Balaban J connectivity index is 1.61. The minimum Gasteiger partial charge on any atom is -0.508 e. The first-order chi connectivity index (χ1) is 12.1. The van der Waals surface area contributed by atoms with Crippen LogP contribution < -0.4 is 10.6 Å². The second-order valence-corrected chi connectivity index (χ2v) is 6.77. The van der Waals surface area contributed by atoms with E-state index in [1.165, 1.54) is 24.2 Å². The van der Waals surface area contributed by atoms with E-state index in [1.807, 2.05) is 6.07 Å². The molecule has 1 aromatic rings. The van der Waals surface area contributed by atoms with E-state index in [9.17, 15) is 14.7 Å². The summed E-state index contributed by atoms with van der Waals surface area (Å²) in [5.41, 5.74) is 0.695. The molecular weight excluding hydrogens is 318 g/mol. The summed E-state index contributed by atoms with van der Waals surface area (Å²) in [7, 11) is 1.67. The van der Waals surface area contributed by atoms with Crippen LogP contribution >= 0.6 is 0 Å². The topological polar surface area (TPSA) is 81.7 Å². The van der Waals surface area contributed by atoms with Crippen molar-refractivity contribution in [3.8, 4) is 5.75 Å². The van der Waals surface area contributed by atoms with E-state index in [0.29, 0.717) is 37.5 Å². The highest BCUT2D eigenvalue weighted by Gasteiger charge is 2.16. The summed E-state index contributed by atoms with van der Waals surface area (Å²) >= 11 is 0. The number of nitrogens with one attached hydrogen (secondary N) is 2. The Morgan fingerprint density at radius 1 is 1.12 bits per heavy atom. The number of phenolic OH excluding ortho intramolecular Hbond substituents is 1. The number of benzene rings is 1. The molecule has 25 heavy (non-hydrogen) atoms. The van der Waals surface area contributed by atoms with E-state index in [0.717, 1.165) is 12.8 Å². The number of hydrogen-bond acceptors (Lipinski definition) is 3. The number of urea groups is 1. The van der Waals surface area contributed by atoms with Gasteiger partial charge in [0.25, 0.3) is 0 Å². The highest BCUT2D eigenvalue weighted by molar-refractivity contribution is 5.76. The van der Waals surface area contributed by atoms with Crippen LogP contribution in [0.4, 0.5) is 4.79 Å². The van der Waals surface area contributed by atoms with Crippen molar-refractivity contribution in [1.29, 1.82) is 0 Å². The van der Waals surface area contributed by atoms with Gasteiger partial charge in [0.2, 0.25) is 5.91 Å². The fourth-order valence-electron chi connectivity index (χ4n) is 3.20. The van der Waals surface area contributed by atoms with Crippen LogP contribution in [0.5, 0.6) is 5.75 Å². The van der Waals surface area contributed by atoms with Crippen molar-refractivity contribution in [1.82, 2.24) is 15.5 Å². The van der Waals surface area contributed by atoms with Gasteiger partial charge in [0.15, 0.2) is 0 Å². The van der Waals surface area contributed by atoms with Crippen molar-refractivity contribution in [2.24, 2.45) is 5.92 Å². The molecule has 0 spiro atoms. The number of rotatable bonds is 7. The molecule has 6 nitrogen and oxygen atoms in total. The van der Waals surface area contributed by atoms with E-state index >= 15 is 0 Å². The molecule has 0 radical (unpaired) electrons. The molecule has 6 heteroatoms. The Bertz CT molecular complexity index is 571. The summed E-state index contributed by atoms with van der Waals surface area (Å²) < 4.78 is 0. The lowest BCUT2D eigenvalue weighted by Gasteiger charge is -2.21. The first-order valence-electron chi connectivity index (χ1n) is 9.09. The van der Waals surface area contributed by atoms with Gasteiger partial charge in [-0.2, -0.15) is 0 Å². The van der Waals surface area contributed by atoms with E-state index in [1.54, 1.807) is 25.2 Å². The van der Waals surface area contributed by atoms with Gasteiger partial charge in [0, 0.05) is 32.1 Å². The molecular formula is C19H29N3O3. The molecule has 1 aliphatic rings. The van der Waals surface area contributed by atoms with Crippen LogP contribution in [-0.4, -0.2) is 42.1 Å². The third-order valence-corrected chi connectivity index (χ3v) is 4.67. The molecule has 0 bridgehead atoms. The number of carbonyl (C=O) groups is 2. The Hall–Kier alpha value is -2.24. The monoisotopic (exact) mass is 347 g/mol. The van der Waals surface area contributed by atoms with Crippen molar-refractivity contribution in [2.75, 3.05) is 20.1 Å². The van der Waals surface area contributed by atoms with E-state index < -0.39 is 0 Å². The first kappa shape index (κ1) is 19.1. The van der Waals surface area contributed by atoms with E-state index in [-0.39, 0.29) is 17.7 Å². The zero-order valence-corrected chi connectivity index (χ0v) is 15.0. The Kier molecular flexibility index (Phi) is 7.57. The first-order valence-corrected chi connectivity index (χ1v) is 9.09. The Labute approximate surface area is 149 Å². The zero-order chi connectivity index (χ0) is 18.1. The molecule has 0 atom stereocenters. The summed E-state index contributed by atoms with van der Waals surface area (Å²) in [6.45, 7) is 1.15. The fourth-order valence-corrected chi connectivity index (χ4v) is 3.20. The van der Waals surface area contributed by atoms with Crippen LogP contribution in [-0.2, 0) is 11.3 Å². The van der Waals surface area contributed by atoms with Gasteiger partial charge < -0.3 is 20.6 Å². The average molecular weight is 347 g/mol. The van der Waals surface area contributed by atoms with Gasteiger partial charge in [0.1, 0.15) is 5.75 Å². The van der Waals surface area contributed by atoms with Gasteiger partial charge in [-0.3, -0.25) is 4.79 Å². The lowest BCUT2D eigenvalue weighted by atomic mass is 9.87. The number of hydrogen-bond donors (Lipinski definition) is 3. The van der Waals surface area contributed by atoms with Crippen molar-refractivity contribution in [3.05, 3.63) is 29.8 Å². The summed E-state index contributed by atoms with van der Waals surface area (Å²) in [6.07, 6.45) is 6.66. The maximum absolute atomic E-state index is 12.0. The van der Waals surface area contributed by atoms with Crippen molar-refractivity contribution in [3.63, 3.8) is 0 Å². The van der Waals surface area contributed by atoms with Gasteiger partial charge >= 0.3 is 6.03 Å². The highest BCUT2D eigenvalue weighted by atomic mass is 16.3. The second-order valence-electron chi connectivity index (χ2n) is 6.77. The largest absolute Gasteiger partial charge is 0.508 e. The molecule has 2 rings (SSSR count). The number of nitrogens with zero attached hydrogens (tertiary/aromatic N) is 1. The smallest absolute Gasteiger partial charge is 0.317 e. The maximum Gasteiger partial charge on any atom is 0.317 e. The zero-order valence-electron chi connectivity index (χ0n) is 15.0. The molecule has 0 aromatic heterocycles. The summed E-state index contributed by atoms with van der Waals surface area (Å²) in [5, 5.41) is 15.4. The molecule has 1 saturated carbocycles. The van der Waals surface area contributed by atoms with Crippen LogP contribution in [0.1, 0.15) is 44.1 Å². The molecule has 1 aromatic carbocycles. The van der Waals surface area contributed by atoms with E-state index in [4.69, 9.17) is 0 Å². The molecule has 0 aliphatic heterocycles. The minimum atomic E-state index is -0.232. The van der Waals surface area contributed by atoms with Gasteiger partial charge in [-0.25, -0.2) is 4.79 Å². The Morgan fingerprint density at radius 2 is 1.80 bits per heavy atom. The molecule has 1 fully saturated rings. The molecule has 3 N–H and O–H groups in total. The minimum absolute atomic E-state index is 0.0729.